The molecule has 2 atom stereocenters. The zero-order valence-electron chi connectivity index (χ0n) is 16.9. The quantitative estimate of drug-likeness (QED) is 0.806. The second kappa shape index (κ2) is 8.94. The molecule has 1 aliphatic carbocycles. The van der Waals surface area contributed by atoms with Crippen molar-refractivity contribution in [1.82, 2.24) is 15.2 Å². The standard InChI is InChI=1S/C22H25N5O3/c1-30-17-8-4-7-16(12-17)24-21(28)26-20-18-9-2-3-10-19(18)25-22(29)27(20)14-15-6-5-11-23-13-15/h4-8,11-13,18-19H,2-3,9-10,14H2,1H3,(H,24,28)(H,25,29)/b26-20+. The first-order valence-electron chi connectivity index (χ1n) is 10.1. The molecule has 30 heavy (non-hydrogen) atoms. The number of urea groups is 2. The fourth-order valence-electron chi connectivity index (χ4n) is 4.08. The van der Waals surface area contributed by atoms with Crippen molar-refractivity contribution in [2.24, 2.45) is 10.9 Å². The Morgan fingerprint density at radius 1 is 1.30 bits per heavy atom. The second-order valence-corrected chi connectivity index (χ2v) is 7.53. The number of anilines is 1. The molecule has 1 saturated heterocycles. The third-order valence-electron chi connectivity index (χ3n) is 5.53. The summed E-state index contributed by atoms with van der Waals surface area (Å²) in [6.45, 7) is 0.314. The minimum Gasteiger partial charge on any atom is -0.497 e. The third kappa shape index (κ3) is 4.42. The zero-order valence-corrected chi connectivity index (χ0v) is 16.9. The largest absolute Gasteiger partial charge is 0.497 e. The van der Waals surface area contributed by atoms with Gasteiger partial charge in [0.2, 0.25) is 0 Å². The highest BCUT2D eigenvalue weighted by atomic mass is 16.5. The number of aliphatic imine (C=N–C) groups is 1. The third-order valence-corrected chi connectivity index (χ3v) is 5.53. The maximum Gasteiger partial charge on any atom is 0.347 e. The number of ether oxygens (including phenoxy) is 1. The smallest absolute Gasteiger partial charge is 0.347 e. The predicted molar refractivity (Wildman–Crippen MR) is 114 cm³/mol. The van der Waals surface area contributed by atoms with Crippen LogP contribution in [0.4, 0.5) is 15.3 Å². The minimum atomic E-state index is -0.506. The van der Waals surface area contributed by atoms with E-state index in [1.165, 1.54) is 0 Å². The maximum atomic E-state index is 12.9. The highest BCUT2D eigenvalue weighted by molar-refractivity contribution is 6.08. The van der Waals surface area contributed by atoms with Gasteiger partial charge >= 0.3 is 12.1 Å². The Morgan fingerprint density at radius 3 is 2.97 bits per heavy atom. The molecule has 8 nitrogen and oxygen atoms in total. The summed E-state index contributed by atoms with van der Waals surface area (Å²) in [6, 6.07) is 10.1. The highest BCUT2D eigenvalue weighted by Gasteiger charge is 2.40. The molecule has 8 heteroatoms. The monoisotopic (exact) mass is 407 g/mol. The summed E-state index contributed by atoms with van der Waals surface area (Å²) in [5.41, 5.74) is 1.46. The van der Waals surface area contributed by atoms with Gasteiger partial charge in [-0.15, -0.1) is 0 Å². The number of aromatic nitrogens is 1. The number of carbonyl (C=O) groups excluding carboxylic acids is 2. The van der Waals surface area contributed by atoms with Crippen molar-refractivity contribution in [3.05, 3.63) is 54.4 Å². The van der Waals surface area contributed by atoms with Crippen LogP contribution in [0.2, 0.25) is 0 Å². The average molecular weight is 407 g/mol. The van der Waals surface area contributed by atoms with E-state index in [0.29, 0.717) is 23.8 Å². The molecule has 1 aromatic carbocycles. The Balaban J connectivity index is 1.61. The van der Waals surface area contributed by atoms with Gasteiger partial charge in [-0.1, -0.05) is 25.0 Å². The van der Waals surface area contributed by atoms with Crippen molar-refractivity contribution in [1.29, 1.82) is 0 Å². The molecule has 1 saturated carbocycles. The predicted octanol–water partition coefficient (Wildman–Crippen LogP) is 3.80. The Bertz CT molecular complexity index is 947. The molecule has 2 aliphatic rings. The summed E-state index contributed by atoms with van der Waals surface area (Å²) in [5.74, 6) is 1.18. The lowest BCUT2D eigenvalue weighted by Gasteiger charge is -2.42. The van der Waals surface area contributed by atoms with Gasteiger partial charge in [0.05, 0.1) is 13.7 Å². The van der Waals surface area contributed by atoms with Crippen molar-refractivity contribution >= 4 is 23.6 Å². The molecule has 2 heterocycles. The van der Waals surface area contributed by atoms with Gasteiger partial charge in [0.25, 0.3) is 0 Å². The zero-order chi connectivity index (χ0) is 20.9. The van der Waals surface area contributed by atoms with Gasteiger partial charge in [0.15, 0.2) is 0 Å². The topological polar surface area (TPSA) is 95.9 Å². The number of benzene rings is 1. The molecule has 1 aromatic heterocycles. The van der Waals surface area contributed by atoms with E-state index in [9.17, 15) is 9.59 Å². The number of pyridine rings is 1. The number of carbonyl (C=O) groups is 2. The van der Waals surface area contributed by atoms with Crippen LogP contribution >= 0.6 is 0 Å². The van der Waals surface area contributed by atoms with E-state index in [0.717, 1.165) is 31.2 Å². The van der Waals surface area contributed by atoms with Crippen molar-refractivity contribution in [2.75, 3.05) is 12.4 Å². The van der Waals surface area contributed by atoms with E-state index in [-0.39, 0.29) is 18.0 Å². The van der Waals surface area contributed by atoms with Crippen molar-refractivity contribution in [3.63, 3.8) is 0 Å². The molecule has 4 amide bonds. The van der Waals surface area contributed by atoms with E-state index in [2.05, 4.69) is 20.6 Å². The summed E-state index contributed by atoms with van der Waals surface area (Å²) in [4.78, 5) is 35.7. The second-order valence-electron chi connectivity index (χ2n) is 7.53. The summed E-state index contributed by atoms with van der Waals surface area (Å²) in [5, 5.41) is 5.88. The number of amidine groups is 1. The lowest BCUT2D eigenvalue weighted by molar-refractivity contribution is 0.187. The normalized spacial score (nSPS) is 22.2. The molecule has 0 radical (unpaired) electrons. The summed E-state index contributed by atoms with van der Waals surface area (Å²) in [6.07, 6.45) is 7.30. The van der Waals surface area contributed by atoms with Crippen LogP contribution in [0, 0.1) is 5.92 Å². The first-order chi connectivity index (χ1) is 14.6. The fraction of sp³-hybridized carbons (Fsp3) is 0.364. The lowest BCUT2D eigenvalue weighted by atomic mass is 9.82. The van der Waals surface area contributed by atoms with Crippen LogP contribution in [-0.2, 0) is 6.54 Å². The minimum absolute atomic E-state index is 0.0137. The van der Waals surface area contributed by atoms with Crippen LogP contribution in [-0.4, -0.2) is 40.9 Å². The number of rotatable bonds is 4. The first-order valence-corrected chi connectivity index (χ1v) is 10.1. The average Bonchev–Trinajstić information content (AvgIpc) is 2.77. The highest BCUT2D eigenvalue weighted by Crippen LogP contribution is 2.31. The van der Waals surface area contributed by atoms with Gasteiger partial charge in [0.1, 0.15) is 11.6 Å². The van der Waals surface area contributed by atoms with Crippen LogP contribution in [0.5, 0.6) is 5.75 Å². The number of nitrogens with zero attached hydrogens (tertiary/aromatic N) is 3. The molecular weight excluding hydrogens is 382 g/mol. The summed E-state index contributed by atoms with van der Waals surface area (Å²) < 4.78 is 5.20. The maximum absolute atomic E-state index is 12.9. The number of hydrogen-bond donors (Lipinski definition) is 2. The van der Waals surface area contributed by atoms with Crippen molar-refractivity contribution < 1.29 is 14.3 Å². The SMILES string of the molecule is COc1cccc(NC(=O)/N=C2\C3CCCCC3NC(=O)N2Cc2cccnc2)c1. The molecule has 1 aliphatic heterocycles. The van der Waals surface area contributed by atoms with Gasteiger partial charge in [-0.05, 0) is 36.6 Å². The summed E-state index contributed by atoms with van der Waals surface area (Å²) >= 11 is 0. The van der Waals surface area contributed by atoms with Crippen LogP contribution < -0.4 is 15.4 Å². The molecule has 2 fully saturated rings. The Morgan fingerprint density at radius 2 is 2.17 bits per heavy atom. The van der Waals surface area contributed by atoms with Crippen LogP contribution in [0.3, 0.4) is 0 Å². The Labute approximate surface area is 175 Å². The van der Waals surface area contributed by atoms with Gasteiger partial charge in [-0.2, -0.15) is 4.99 Å². The van der Waals surface area contributed by atoms with Gasteiger partial charge in [0, 0.05) is 36.1 Å². The summed E-state index contributed by atoms with van der Waals surface area (Å²) in [7, 11) is 1.57. The Kier molecular flexibility index (Phi) is 5.92. The molecular formula is C22H25N5O3. The fourth-order valence-corrected chi connectivity index (χ4v) is 4.08. The van der Waals surface area contributed by atoms with Crippen LogP contribution in [0.25, 0.3) is 0 Å². The molecule has 2 aromatic rings. The molecule has 156 valence electrons. The van der Waals surface area contributed by atoms with Gasteiger partial charge in [-0.25, -0.2) is 9.59 Å². The number of nitrogens with one attached hydrogen (secondary N) is 2. The van der Waals surface area contributed by atoms with E-state index >= 15 is 0 Å². The Hall–Kier alpha value is -3.42. The van der Waals surface area contributed by atoms with E-state index in [4.69, 9.17) is 4.74 Å². The van der Waals surface area contributed by atoms with Gasteiger partial charge in [-0.3, -0.25) is 9.88 Å². The number of fused-ring (bicyclic) bond motifs is 1. The lowest BCUT2D eigenvalue weighted by Crippen LogP contribution is -2.60. The van der Waals surface area contributed by atoms with Crippen LogP contribution in [0.1, 0.15) is 31.2 Å². The number of hydrogen-bond acceptors (Lipinski definition) is 4. The number of methoxy groups -OCH3 is 1. The molecule has 2 unspecified atom stereocenters. The van der Waals surface area contributed by atoms with E-state index in [1.54, 1.807) is 48.7 Å². The van der Waals surface area contributed by atoms with Gasteiger partial charge < -0.3 is 15.4 Å². The number of amides is 4. The van der Waals surface area contributed by atoms with E-state index in [1.807, 2.05) is 12.1 Å². The van der Waals surface area contributed by atoms with Crippen molar-refractivity contribution in [2.45, 2.75) is 38.3 Å². The van der Waals surface area contributed by atoms with Crippen molar-refractivity contribution in [3.8, 4) is 5.75 Å². The molecule has 0 spiro atoms. The van der Waals surface area contributed by atoms with Crippen LogP contribution in [0.15, 0.2) is 53.8 Å². The molecule has 0 bridgehead atoms. The molecule has 2 N–H and O–H groups in total. The van der Waals surface area contributed by atoms with E-state index < -0.39 is 6.03 Å². The first kappa shape index (κ1) is 19.9. The molecule has 4 rings (SSSR count).